The number of carbonyl (C=O) groups excluding carboxylic acids is 2. The molecule has 1 fully saturated rings. The van der Waals surface area contributed by atoms with E-state index in [-0.39, 0.29) is 12.0 Å². The number of fused-ring (bicyclic) bond motifs is 2. The minimum atomic E-state index is -1.36. The first kappa shape index (κ1) is 19.2. The molecule has 0 atom stereocenters. The fourth-order valence-electron chi connectivity index (χ4n) is 4.25. The summed E-state index contributed by atoms with van der Waals surface area (Å²) in [6.45, 7) is 3.68. The number of hydrogen-bond acceptors (Lipinski definition) is 6. The molecule has 1 aliphatic rings. The van der Waals surface area contributed by atoms with E-state index in [0.717, 1.165) is 22.8 Å². The Morgan fingerprint density at radius 3 is 2.52 bits per heavy atom. The minimum absolute atomic E-state index is 0.222. The summed E-state index contributed by atoms with van der Waals surface area (Å²) < 4.78 is 10.9. The number of carboxylic acid groups (broad SMARTS) is 1. The van der Waals surface area contributed by atoms with Crippen molar-refractivity contribution in [3.63, 3.8) is 0 Å². The molecular formula is C22H22NO6-. The molecule has 152 valence electrons. The lowest BCUT2D eigenvalue weighted by molar-refractivity contribution is -0.315. The Balaban J connectivity index is 1.69. The molecule has 7 heteroatoms. The lowest BCUT2D eigenvalue weighted by Gasteiger charge is -2.39. The Morgan fingerprint density at radius 2 is 1.83 bits per heavy atom. The zero-order valence-corrected chi connectivity index (χ0v) is 16.4. The van der Waals surface area contributed by atoms with Crippen LogP contribution in [0.2, 0.25) is 0 Å². The number of hydrogen-bond donors (Lipinski definition) is 1. The van der Waals surface area contributed by atoms with Gasteiger partial charge >= 0.3 is 5.63 Å². The van der Waals surface area contributed by atoms with Crippen LogP contribution in [0.4, 0.5) is 0 Å². The largest absolute Gasteiger partial charge is 0.548 e. The second-order valence-electron chi connectivity index (χ2n) is 7.91. The molecule has 4 rings (SSSR count). The number of furan rings is 1. The number of nitrogens with one attached hydrogen (secondary N) is 1. The third-order valence-corrected chi connectivity index (χ3v) is 5.99. The monoisotopic (exact) mass is 396 g/mol. The number of aryl methyl sites for hydroxylation is 2. The van der Waals surface area contributed by atoms with Crippen LogP contribution in [0.1, 0.15) is 48.8 Å². The van der Waals surface area contributed by atoms with Crippen molar-refractivity contribution in [3.8, 4) is 0 Å². The quantitative estimate of drug-likeness (QED) is 0.677. The van der Waals surface area contributed by atoms with Gasteiger partial charge in [-0.15, -0.1) is 0 Å². The van der Waals surface area contributed by atoms with Gasteiger partial charge in [-0.3, -0.25) is 4.79 Å². The van der Waals surface area contributed by atoms with Crippen molar-refractivity contribution in [2.24, 2.45) is 0 Å². The molecule has 1 aliphatic carbocycles. The number of carbonyl (C=O) groups is 2. The van der Waals surface area contributed by atoms with Gasteiger partial charge in [0.05, 0.1) is 29.8 Å². The van der Waals surface area contributed by atoms with Crippen LogP contribution >= 0.6 is 0 Å². The Hall–Kier alpha value is -3.09. The third kappa shape index (κ3) is 3.30. The van der Waals surface area contributed by atoms with Gasteiger partial charge in [0.1, 0.15) is 11.2 Å². The molecule has 3 aromatic rings. The molecule has 0 aliphatic heterocycles. The van der Waals surface area contributed by atoms with E-state index in [0.29, 0.717) is 42.4 Å². The molecule has 1 amide bonds. The van der Waals surface area contributed by atoms with Crippen LogP contribution in [0.5, 0.6) is 0 Å². The fraction of sp³-hybridized carbons (Fsp3) is 0.409. The molecule has 29 heavy (non-hydrogen) atoms. The number of rotatable bonds is 4. The summed E-state index contributed by atoms with van der Waals surface area (Å²) in [5, 5.41) is 15.9. The molecular weight excluding hydrogens is 374 g/mol. The fourth-order valence-corrected chi connectivity index (χ4v) is 4.25. The number of amides is 1. The Kier molecular flexibility index (Phi) is 4.68. The number of carboxylic acids is 1. The minimum Gasteiger partial charge on any atom is -0.548 e. The van der Waals surface area contributed by atoms with Gasteiger partial charge < -0.3 is 24.1 Å². The van der Waals surface area contributed by atoms with Gasteiger partial charge in [0.15, 0.2) is 0 Å². The van der Waals surface area contributed by atoms with Crippen molar-refractivity contribution in [1.29, 1.82) is 0 Å². The standard InChI is InChI=1S/C22H23NO6/c1-12-11-28-17-10-18-15(8-14(12)17)13(2)16(20(25)29-18)9-19(24)23-22(21(26)27)6-4-3-5-7-22/h8,10-11H,3-7,9H2,1-2H3,(H,23,24)(H,26,27)/p-1. The van der Waals surface area contributed by atoms with Crippen LogP contribution < -0.4 is 16.0 Å². The predicted octanol–water partition coefficient (Wildman–Crippen LogP) is 2.27. The normalized spacial score (nSPS) is 16.2. The average Bonchev–Trinajstić information content (AvgIpc) is 3.04. The smallest absolute Gasteiger partial charge is 0.340 e. The first-order valence-corrected chi connectivity index (χ1v) is 9.77. The maximum absolute atomic E-state index is 12.7. The van der Waals surface area contributed by atoms with E-state index in [9.17, 15) is 19.5 Å². The first-order valence-electron chi connectivity index (χ1n) is 9.77. The van der Waals surface area contributed by atoms with Crippen molar-refractivity contribution >= 4 is 33.8 Å². The molecule has 2 aromatic heterocycles. The van der Waals surface area contributed by atoms with E-state index >= 15 is 0 Å². The third-order valence-electron chi connectivity index (χ3n) is 5.99. The van der Waals surface area contributed by atoms with Gasteiger partial charge in [-0.1, -0.05) is 19.3 Å². The van der Waals surface area contributed by atoms with E-state index in [4.69, 9.17) is 8.83 Å². The van der Waals surface area contributed by atoms with Crippen molar-refractivity contribution < 1.29 is 23.5 Å². The van der Waals surface area contributed by atoms with Crippen LogP contribution in [0.3, 0.4) is 0 Å². The van der Waals surface area contributed by atoms with Crippen molar-refractivity contribution in [3.05, 3.63) is 45.5 Å². The Bertz CT molecular complexity index is 1180. The van der Waals surface area contributed by atoms with Gasteiger partial charge in [0, 0.05) is 16.8 Å². The summed E-state index contributed by atoms with van der Waals surface area (Å²) >= 11 is 0. The molecule has 0 saturated heterocycles. The van der Waals surface area contributed by atoms with Gasteiger partial charge in [0.2, 0.25) is 5.91 Å². The maximum atomic E-state index is 12.7. The maximum Gasteiger partial charge on any atom is 0.340 e. The van der Waals surface area contributed by atoms with E-state index in [2.05, 4.69) is 5.32 Å². The van der Waals surface area contributed by atoms with Gasteiger partial charge in [0.25, 0.3) is 0 Å². The molecule has 0 spiro atoms. The molecule has 7 nitrogen and oxygen atoms in total. The molecule has 0 radical (unpaired) electrons. The first-order chi connectivity index (χ1) is 13.8. The van der Waals surface area contributed by atoms with Crippen LogP contribution in [-0.4, -0.2) is 17.4 Å². The molecule has 1 aromatic carbocycles. The zero-order chi connectivity index (χ0) is 20.8. The lowest BCUT2D eigenvalue weighted by atomic mass is 9.81. The Labute approximate surface area is 166 Å². The van der Waals surface area contributed by atoms with Gasteiger partial charge in [-0.05, 0) is 43.9 Å². The van der Waals surface area contributed by atoms with E-state index < -0.39 is 23.0 Å². The summed E-state index contributed by atoms with van der Waals surface area (Å²) in [5.74, 6) is -1.79. The highest BCUT2D eigenvalue weighted by molar-refractivity contribution is 5.97. The van der Waals surface area contributed by atoms with E-state index in [1.165, 1.54) is 0 Å². The average molecular weight is 396 g/mol. The summed E-state index contributed by atoms with van der Waals surface area (Å²) in [7, 11) is 0. The summed E-state index contributed by atoms with van der Waals surface area (Å²) in [6, 6.07) is 3.55. The lowest BCUT2D eigenvalue weighted by Crippen LogP contribution is -2.61. The molecule has 0 unspecified atom stereocenters. The van der Waals surface area contributed by atoms with Crippen LogP contribution in [-0.2, 0) is 16.0 Å². The highest BCUT2D eigenvalue weighted by Crippen LogP contribution is 2.30. The van der Waals surface area contributed by atoms with E-state index in [1.807, 2.05) is 13.0 Å². The molecule has 1 saturated carbocycles. The molecule has 2 heterocycles. The Morgan fingerprint density at radius 1 is 1.10 bits per heavy atom. The van der Waals surface area contributed by atoms with Crippen LogP contribution in [0.15, 0.2) is 32.0 Å². The molecule has 1 N–H and O–H groups in total. The summed E-state index contributed by atoms with van der Waals surface area (Å²) in [5.41, 5.74) is 0.854. The van der Waals surface area contributed by atoms with Crippen molar-refractivity contribution in [2.45, 2.75) is 57.9 Å². The zero-order valence-electron chi connectivity index (χ0n) is 16.4. The highest BCUT2D eigenvalue weighted by Gasteiger charge is 2.35. The van der Waals surface area contributed by atoms with Crippen molar-refractivity contribution in [1.82, 2.24) is 5.32 Å². The van der Waals surface area contributed by atoms with Crippen LogP contribution in [0.25, 0.3) is 21.9 Å². The highest BCUT2D eigenvalue weighted by atomic mass is 16.4. The number of aliphatic carboxylic acids is 1. The summed E-state index contributed by atoms with van der Waals surface area (Å²) in [4.78, 5) is 36.9. The number of benzene rings is 1. The predicted molar refractivity (Wildman–Crippen MR) is 104 cm³/mol. The van der Waals surface area contributed by atoms with Gasteiger partial charge in [-0.25, -0.2) is 4.79 Å². The topological polar surface area (TPSA) is 113 Å². The second kappa shape index (κ2) is 7.06. The SMILES string of the molecule is Cc1coc2cc3oc(=O)c(CC(=O)NC4(C(=O)[O-])CCCCC4)c(C)c3cc12. The van der Waals surface area contributed by atoms with Crippen LogP contribution in [0, 0.1) is 13.8 Å². The second-order valence-corrected chi connectivity index (χ2v) is 7.91. The molecule has 0 bridgehead atoms. The summed E-state index contributed by atoms with van der Waals surface area (Å²) in [6.07, 6.45) is 4.42. The van der Waals surface area contributed by atoms with Crippen molar-refractivity contribution in [2.75, 3.05) is 0 Å². The van der Waals surface area contributed by atoms with Gasteiger partial charge in [-0.2, -0.15) is 0 Å². The van der Waals surface area contributed by atoms with E-state index in [1.54, 1.807) is 19.3 Å².